The van der Waals surface area contributed by atoms with E-state index >= 15 is 0 Å². The first-order valence-corrected chi connectivity index (χ1v) is 9.86. The van der Waals surface area contributed by atoms with Gasteiger partial charge in [-0.2, -0.15) is 16.4 Å². The molecule has 0 aliphatic heterocycles. The van der Waals surface area contributed by atoms with Gasteiger partial charge in [0.2, 0.25) is 0 Å². The molecule has 0 fully saturated rings. The maximum atomic E-state index is 12.3. The van der Waals surface area contributed by atoms with Crippen molar-refractivity contribution in [2.75, 3.05) is 6.54 Å². The van der Waals surface area contributed by atoms with Crippen molar-refractivity contribution in [3.05, 3.63) is 51.4 Å². The van der Waals surface area contributed by atoms with Crippen molar-refractivity contribution in [1.82, 2.24) is 25.5 Å². The molecule has 3 aromatic rings. The van der Waals surface area contributed by atoms with Crippen LogP contribution in [-0.4, -0.2) is 32.6 Å². The highest BCUT2D eigenvalue weighted by atomic mass is 32.1. The van der Waals surface area contributed by atoms with Crippen LogP contribution in [0.4, 0.5) is 0 Å². The van der Waals surface area contributed by atoms with Crippen LogP contribution in [0.15, 0.2) is 22.9 Å². The molecule has 26 heavy (non-hydrogen) atoms. The van der Waals surface area contributed by atoms with Crippen molar-refractivity contribution in [3.8, 4) is 11.3 Å². The number of aryl methyl sites for hydroxylation is 2. The van der Waals surface area contributed by atoms with Gasteiger partial charge in [-0.15, -0.1) is 0 Å². The Morgan fingerprint density at radius 1 is 1.31 bits per heavy atom. The molecular weight excluding hydrogens is 346 g/mol. The van der Waals surface area contributed by atoms with Crippen LogP contribution in [0.1, 0.15) is 46.1 Å². The fraction of sp³-hybridized carbons (Fsp3) is 0.368. The number of nitrogens with one attached hydrogen (secondary N) is 2. The predicted molar refractivity (Wildman–Crippen MR) is 101 cm³/mol. The molecular formula is C19H21N5OS. The Bertz CT molecular complexity index is 916. The third-order valence-corrected chi connectivity index (χ3v) is 5.39. The number of carbonyl (C=O) groups excluding carboxylic acids is 1. The zero-order chi connectivity index (χ0) is 17.9. The minimum Gasteiger partial charge on any atom is -0.350 e. The van der Waals surface area contributed by atoms with Gasteiger partial charge in [-0.05, 0) is 55.7 Å². The summed E-state index contributed by atoms with van der Waals surface area (Å²) in [4.78, 5) is 21.6. The summed E-state index contributed by atoms with van der Waals surface area (Å²) in [5, 5.41) is 13.9. The molecule has 1 amide bonds. The SMILES string of the molecule is Cc1nc(CCNC(=O)c2cc(-c3ccsc3)n[nH]2)nc2c1CCCC2. The molecule has 0 atom stereocenters. The molecule has 4 rings (SSSR count). The number of thiophene rings is 1. The lowest BCUT2D eigenvalue weighted by Crippen LogP contribution is -2.27. The second kappa shape index (κ2) is 7.37. The number of fused-ring (bicyclic) bond motifs is 1. The van der Waals surface area contributed by atoms with Gasteiger partial charge in [0.1, 0.15) is 11.5 Å². The van der Waals surface area contributed by atoms with Crippen molar-refractivity contribution < 1.29 is 4.79 Å². The average Bonchev–Trinajstić information content (AvgIpc) is 3.33. The number of rotatable bonds is 5. The summed E-state index contributed by atoms with van der Waals surface area (Å²) < 4.78 is 0. The summed E-state index contributed by atoms with van der Waals surface area (Å²) in [5.41, 5.74) is 5.87. The minimum absolute atomic E-state index is 0.159. The van der Waals surface area contributed by atoms with Crippen LogP contribution in [0.25, 0.3) is 11.3 Å². The van der Waals surface area contributed by atoms with Gasteiger partial charge in [-0.1, -0.05) is 0 Å². The molecule has 134 valence electrons. The fourth-order valence-electron chi connectivity index (χ4n) is 3.34. The Balaban J connectivity index is 1.36. The molecule has 1 aliphatic carbocycles. The van der Waals surface area contributed by atoms with E-state index in [4.69, 9.17) is 4.98 Å². The Morgan fingerprint density at radius 2 is 2.19 bits per heavy atom. The Labute approximate surface area is 156 Å². The average molecular weight is 367 g/mol. The molecule has 3 heterocycles. The van der Waals surface area contributed by atoms with Gasteiger partial charge in [0, 0.05) is 35.3 Å². The van der Waals surface area contributed by atoms with Crippen molar-refractivity contribution in [3.63, 3.8) is 0 Å². The van der Waals surface area contributed by atoms with Gasteiger partial charge in [0.15, 0.2) is 0 Å². The molecule has 3 aromatic heterocycles. The first-order chi connectivity index (χ1) is 12.7. The zero-order valence-electron chi connectivity index (χ0n) is 14.7. The second-order valence-corrected chi connectivity index (χ2v) is 7.32. The summed E-state index contributed by atoms with van der Waals surface area (Å²) in [6, 6.07) is 3.76. The smallest absolute Gasteiger partial charge is 0.269 e. The summed E-state index contributed by atoms with van der Waals surface area (Å²) in [6.07, 6.45) is 5.18. The van der Waals surface area contributed by atoms with Crippen LogP contribution in [-0.2, 0) is 19.3 Å². The van der Waals surface area contributed by atoms with E-state index in [1.54, 1.807) is 17.4 Å². The topological polar surface area (TPSA) is 83.6 Å². The summed E-state index contributed by atoms with van der Waals surface area (Å²) in [6.45, 7) is 2.56. The molecule has 0 radical (unpaired) electrons. The molecule has 7 heteroatoms. The molecule has 0 aromatic carbocycles. The number of amides is 1. The van der Waals surface area contributed by atoms with Crippen LogP contribution < -0.4 is 5.32 Å². The number of hydrogen-bond acceptors (Lipinski definition) is 5. The van der Waals surface area contributed by atoms with Crippen molar-refractivity contribution in [1.29, 1.82) is 0 Å². The largest absolute Gasteiger partial charge is 0.350 e. The maximum absolute atomic E-state index is 12.3. The van der Waals surface area contributed by atoms with Crippen LogP contribution in [0.2, 0.25) is 0 Å². The fourth-order valence-corrected chi connectivity index (χ4v) is 3.99. The highest BCUT2D eigenvalue weighted by Crippen LogP contribution is 2.22. The Hall–Kier alpha value is -2.54. The van der Waals surface area contributed by atoms with Gasteiger partial charge in [0.25, 0.3) is 5.91 Å². The van der Waals surface area contributed by atoms with E-state index in [0.717, 1.165) is 35.6 Å². The van der Waals surface area contributed by atoms with Gasteiger partial charge in [-0.3, -0.25) is 9.89 Å². The first-order valence-electron chi connectivity index (χ1n) is 8.92. The van der Waals surface area contributed by atoms with Gasteiger partial charge in [0.05, 0.1) is 5.69 Å². The van der Waals surface area contributed by atoms with Gasteiger partial charge < -0.3 is 5.32 Å². The predicted octanol–water partition coefficient (Wildman–Crippen LogP) is 3.09. The quantitative estimate of drug-likeness (QED) is 0.726. The number of nitrogens with zero attached hydrogens (tertiary/aromatic N) is 3. The molecule has 6 nitrogen and oxygen atoms in total. The first kappa shape index (κ1) is 16.9. The number of aromatic nitrogens is 4. The molecule has 2 N–H and O–H groups in total. The Kier molecular flexibility index (Phi) is 4.79. The van der Waals surface area contributed by atoms with Crippen molar-refractivity contribution >= 4 is 17.2 Å². The van der Waals surface area contributed by atoms with Gasteiger partial charge >= 0.3 is 0 Å². The lowest BCUT2D eigenvalue weighted by atomic mass is 9.95. The third kappa shape index (κ3) is 3.53. The zero-order valence-corrected chi connectivity index (χ0v) is 15.5. The standard InChI is InChI=1S/C19H21N5OS/c1-12-14-4-2-3-5-15(14)22-18(21-12)6-8-20-19(25)17-10-16(23-24-17)13-7-9-26-11-13/h7,9-11H,2-6,8H2,1H3,(H,20,25)(H,23,24). The summed E-state index contributed by atoms with van der Waals surface area (Å²) in [5.74, 6) is 0.653. The number of aromatic amines is 1. The van der Waals surface area contributed by atoms with Crippen molar-refractivity contribution in [2.45, 2.75) is 39.0 Å². The normalized spacial score (nSPS) is 13.4. The lowest BCUT2D eigenvalue weighted by molar-refractivity contribution is 0.0949. The van der Waals surface area contributed by atoms with E-state index in [1.165, 1.54) is 24.1 Å². The Morgan fingerprint density at radius 3 is 3.04 bits per heavy atom. The molecule has 1 aliphatic rings. The van der Waals surface area contributed by atoms with Gasteiger partial charge in [-0.25, -0.2) is 9.97 Å². The number of hydrogen-bond donors (Lipinski definition) is 2. The number of H-pyrrole nitrogens is 1. The summed E-state index contributed by atoms with van der Waals surface area (Å²) >= 11 is 1.61. The molecule has 0 spiro atoms. The van der Waals surface area contributed by atoms with Crippen LogP contribution in [0, 0.1) is 6.92 Å². The van der Waals surface area contributed by atoms with Crippen LogP contribution in [0.3, 0.4) is 0 Å². The lowest BCUT2D eigenvalue weighted by Gasteiger charge is -2.17. The van der Waals surface area contributed by atoms with E-state index < -0.39 is 0 Å². The van der Waals surface area contributed by atoms with Crippen molar-refractivity contribution in [2.24, 2.45) is 0 Å². The maximum Gasteiger partial charge on any atom is 0.269 e. The highest BCUT2D eigenvalue weighted by molar-refractivity contribution is 7.08. The van der Waals surface area contributed by atoms with E-state index in [-0.39, 0.29) is 5.91 Å². The summed E-state index contributed by atoms with van der Waals surface area (Å²) in [7, 11) is 0. The number of carbonyl (C=O) groups is 1. The third-order valence-electron chi connectivity index (χ3n) is 4.71. The second-order valence-electron chi connectivity index (χ2n) is 6.54. The molecule has 0 saturated carbocycles. The monoisotopic (exact) mass is 367 g/mol. The highest BCUT2D eigenvalue weighted by Gasteiger charge is 2.16. The molecule has 0 bridgehead atoms. The van der Waals surface area contributed by atoms with E-state index in [1.807, 2.05) is 16.8 Å². The van der Waals surface area contributed by atoms with Crippen LogP contribution in [0.5, 0.6) is 0 Å². The van der Waals surface area contributed by atoms with Crippen LogP contribution >= 0.6 is 11.3 Å². The van der Waals surface area contributed by atoms with E-state index in [2.05, 4.69) is 27.4 Å². The van der Waals surface area contributed by atoms with E-state index in [9.17, 15) is 4.79 Å². The molecule has 0 unspecified atom stereocenters. The van der Waals surface area contributed by atoms with E-state index in [0.29, 0.717) is 18.7 Å². The molecule has 0 saturated heterocycles. The minimum atomic E-state index is -0.159.